The van der Waals surface area contributed by atoms with Crippen molar-refractivity contribution >= 4 is 39.6 Å². The number of amides is 1. The molecule has 3 rings (SSSR count). The van der Waals surface area contributed by atoms with E-state index in [0.717, 1.165) is 44.5 Å². The molecule has 0 aliphatic carbocycles. The second-order valence-corrected chi connectivity index (χ2v) is 10.2. The number of hydrogen-bond acceptors (Lipinski definition) is 6. The molecule has 1 N–H and O–H groups in total. The number of carbonyl (C=O) groups is 1. The van der Waals surface area contributed by atoms with Gasteiger partial charge in [0.2, 0.25) is 10.0 Å². The lowest BCUT2D eigenvalue weighted by atomic mass is 10.1. The molecule has 1 aliphatic heterocycles. The van der Waals surface area contributed by atoms with Crippen molar-refractivity contribution in [1.82, 2.24) is 5.43 Å². The van der Waals surface area contributed by atoms with Crippen LogP contribution in [-0.2, 0) is 14.8 Å². The van der Waals surface area contributed by atoms with Gasteiger partial charge in [0.05, 0.1) is 18.2 Å². The predicted molar refractivity (Wildman–Crippen MR) is 122 cm³/mol. The molecule has 0 atom stereocenters. The topological polar surface area (TPSA) is 88.1 Å². The lowest BCUT2D eigenvalue weighted by molar-refractivity contribution is -0.119. The summed E-state index contributed by atoms with van der Waals surface area (Å²) in [6, 6.07) is 12.8. The monoisotopic (exact) mass is 447 g/mol. The van der Waals surface area contributed by atoms with E-state index in [4.69, 9.17) is 4.74 Å². The van der Waals surface area contributed by atoms with E-state index >= 15 is 0 Å². The molecule has 0 aromatic heterocycles. The fourth-order valence-corrected chi connectivity index (χ4v) is 4.35. The zero-order valence-corrected chi connectivity index (χ0v) is 18.8. The Balaban J connectivity index is 1.60. The molecule has 1 fully saturated rings. The third kappa shape index (κ3) is 6.24. The Kier molecular flexibility index (Phi) is 7.04. The van der Waals surface area contributed by atoms with Crippen LogP contribution in [0.15, 0.2) is 47.6 Å². The first-order chi connectivity index (χ1) is 14.2. The van der Waals surface area contributed by atoms with Gasteiger partial charge in [-0.05, 0) is 66.9 Å². The highest BCUT2D eigenvalue weighted by atomic mass is 32.2. The minimum Gasteiger partial charge on any atom is -0.489 e. The molecule has 160 valence electrons. The third-order valence-corrected chi connectivity index (χ3v) is 6.73. The van der Waals surface area contributed by atoms with E-state index in [-0.39, 0.29) is 12.6 Å². The minimum atomic E-state index is -3.63. The molecule has 2 aromatic rings. The van der Waals surface area contributed by atoms with E-state index in [9.17, 15) is 13.2 Å². The number of thioether (sulfide) groups is 1. The highest BCUT2D eigenvalue weighted by Crippen LogP contribution is 2.24. The van der Waals surface area contributed by atoms with Crippen molar-refractivity contribution in [2.75, 3.05) is 28.6 Å². The van der Waals surface area contributed by atoms with E-state index in [1.807, 2.05) is 55.9 Å². The maximum Gasteiger partial charge on any atom is 0.260 e. The molecule has 0 saturated carbocycles. The number of rotatable bonds is 8. The minimum absolute atomic E-state index is 0.281. The van der Waals surface area contributed by atoms with E-state index < -0.39 is 15.9 Å². The molecule has 30 heavy (non-hydrogen) atoms. The van der Waals surface area contributed by atoms with Crippen LogP contribution in [0.2, 0.25) is 0 Å². The number of hydrazone groups is 1. The number of nitrogens with zero attached hydrogens (tertiary/aromatic N) is 2. The molecule has 1 amide bonds. The summed E-state index contributed by atoms with van der Waals surface area (Å²) < 4.78 is 31.3. The fraction of sp³-hybridized carbons (Fsp3) is 0.333. The Bertz CT molecular complexity index is 1010. The van der Waals surface area contributed by atoms with Gasteiger partial charge in [-0.25, -0.2) is 13.8 Å². The van der Waals surface area contributed by atoms with Gasteiger partial charge in [-0.1, -0.05) is 6.07 Å². The van der Waals surface area contributed by atoms with E-state index in [2.05, 4.69) is 10.5 Å². The van der Waals surface area contributed by atoms with Gasteiger partial charge in [0.1, 0.15) is 18.4 Å². The molecule has 1 heterocycles. The van der Waals surface area contributed by atoms with Crippen LogP contribution in [0, 0.1) is 13.8 Å². The molecule has 0 radical (unpaired) electrons. The average molecular weight is 448 g/mol. The maximum atomic E-state index is 12.3. The summed E-state index contributed by atoms with van der Waals surface area (Å²) in [6.07, 6.45) is 2.86. The number of ether oxygens (including phenoxy) is 1. The van der Waals surface area contributed by atoms with Crippen LogP contribution in [0.5, 0.6) is 5.75 Å². The zero-order valence-electron chi connectivity index (χ0n) is 17.2. The normalized spacial score (nSPS) is 14.4. The molecule has 0 unspecified atom stereocenters. The van der Waals surface area contributed by atoms with Gasteiger partial charge in [-0.3, -0.25) is 9.10 Å². The van der Waals surface area contributed by atoms with Crippen molar-refractivity contribution in [3.8, 4) is 5.75 Å². The van der Waals surface area contributed by atoms with Gasteiger partial charge < -0.3 is 4.74 Å². The van der Waals surface area contributed by atoms with Crippen molar-refractivity contribution in [3.63, 3.8) is 0 Å². The van der Waals surface area contributed by atoms with Crippen LogP contribution in [0.3, 0.4) is 0 Å². The summed E-state index contributed by atoms with van der Waals surface area (Å²) in [5.74, 6) is 2.31. The van der Waals surface area contributed by atoms with Crippen LogP contribution in [-0.4, -0.2) is 50.9 Å². The zero-order chi connectivity index (χ0) is 21.7. The highest BCUT2D eigenvalue weighted by molar-refractivity contribution is 8.00. The molecule has 1 aliphatic rings. The van der Waals surface area contributed by atoms with Gasteiger partial charge in [-0.2, -0.15) is 16.9 Å². The van der Waals surface area contributed by atoms with Gasteiger partial charge in [0.15, 0.2) is 0 Å². The first kappa shape index (κ1) is 22.2. The van der Waals surface area contributed by atoms with Crippen molar-refractivity contribution in [2.24, 2.45) is 5.10 Å². The Hall–Kier alpha value is -2.52. The second kappa shape index (κ2) is 9.53. The van der Waals surface area contributed by atoms with Crippen molar-refractivity contribution in [3.05, 3.63) is 59.2 Å². The molecule has 9 heteroatoms. The van der Waals surface area contributed by atoms with Crippen molar-refractivity contribution in [1.29, 1.82) is 0 Å². The van der Waals surface area contributed by atoms with E-state index in [0.29, 0.717) is 5.69 Å². The summed E-state index contributed by atoms with van der Waals surface area (Å²) in [6.45, 7) is 3.40. The summed E-state index contributed by atoms with van der Waals surface area (Å²) in [5.41, 5.74) is 5.47. The third-order valence-electron chi connectivity index (χ3n) is 4.38. The molecular formula is C21H25N3O4S2. The van der Waals surface area contributed by atoms with Crippen LogP contribution < -0.4 is 14.5 Å². The molecule has 7 nitrogen and oxygen atoms in total. The maximum absolute atomic E-state index is 12.3. The average Bonchev–Trinajstić information content (AvgIpc) is 2.62. The fourth-order valence-electron chi connectivity index (χ4n) is 2.95. The highest BCUT2D eigenvalue weighted by Gasteiger charge is 2.21. The van der Waals surface area contributed by atoms with Crippen molar-refractivity contribution < 1.29 is 17.9 Å². The smallest absolute Gasteiger partial charge is 0.260 e. The first-order valence-corrected chi connectivity index (χ1v) is 12.4. The van der Waals surface area contributed by atoms with E-state index in [1.54, 1.807) is 12.1 Å². The van der Waals surface area contributed by atoms with Crippen LogP contribution >= 0.6 is 11.8 Å². The summed E-state index contributed by atoms with van der Waals surface area (Å²) in [5, 5.41) is 3.93. The van der Waals surface area contributed by atoms with Gasteiger partial charge in [0, 0.05) is 11.5 Å². The largest absolute Gasteiger partial charge is 0.489 e. The summed E-state index contributed by atoms with van der Waals surface area (Å²) >= 11 is 1.86. The Morgan fingerprint density at radius 3 is 2.37 bits per heavy atom. The standard InChI is InChI=1S/C21H25N3O4S2/c1-15-8-16(2)10-18(9-15)24(30(3,26)27)12-21(25)23-22-11-17-4-6-19(7-5-17)28-20-13-29-14-20/h4-11,20H,12-14H2,1-3H3,(H,23,25)/b22-11-. The summed E-state index contributed by atoms with van der Waals surface area (Å²) in [4.78, 5) is 12.3. The lowest BCUT2D eigenvalue weighted by Gasteiger charge is -2.25. The SMILES string of the molecule is Cc1cc(C)cc(N(CC(=O)N/N=C\c2ccc(OC3CSC3)cc2)S(C)(=O)=O)c1. The number of hydrogen-bond donors (Lipinski definition) is 1. The molecule has 1 saturated heterocycles. The molecule has 0 bridgehead atoms. The van der Waals surface area contributed by atoms with Gasteiger partial charge >= 0.3 is 0 Å². The lowest BCUT2D eigenvalue weighted by Crippen LogP contribution is -2.39. The number of aryl methyl sites for hydroxylation is 2. The van der Waals surface area contributed by atoms with Gasteiger partial charge in [-0.15, -0.1) is 0 Å². The van der Waals surface area contributed by atoms with E-state index in [1.165, 1.54) is 6.21 Å². The number of carbonyl (C=O) groups excluding carboxylic acids is 1. The number of sulfonamides is 1. The predicted octanol–water partition coefficient (Wildman–Crippen LogP) is 2.71. The van der Waals surface area contributed by atoms with Crippen LogP contribution in [0.1, 0.15) is 16.7 Å². The molecular weight excluding hydrogens is 422 g/mol. The van der Waals surface area contributed by atoms with Gasteiger partial charge in [0.25, 0.3) is 5.91 Å². The van der Waals surface area contributed by atoms with Crippen molar-refractivity contribution in [2.45, 2.75) is 20.0 Å². The number of benzene rings is 2. The second-order valence-electron chi connectivity index (χ2n) is 7.26. The van der Waals surface area contributed by atoms with Crippen LogP contribution in [0.25, 0.3) is 0 Å². The number of nitrogens with one attached hydrogen (secondary N) is 1. The molecule has 0 spiro atoms. The summed E-state index contributed by atoms with van der Waals surface area (Å²) in [7, 11) is -3.63. The van der Waals surface area contributed by atoms with Crippen LogP contribution in [0.4, 0.5) is 5.69 Å². The molecule has 2 aromatic carbocycles. The Morgan fingerprint density at radius 1 is 1.20 bits per heavy atom. The first-order valence-electron chi connectivity index (χ1n) is 9.43. The quantitative estimate of drug-likeness (QED) is 0.497. The number of anilines is 1. The Morgan fingerprint density at radius 2 is 1.83 bits per heavy atom. The Labute approximate surface area is 181 Å².